The maximum Gasteiger partial charge on any atom is 0.130 e. The molecule has 0 aliphatic heterocycles. The van der Waals surface area contributed by atoms with Gasteiger partial charge in [0.05, 0.1) is 5.97 Å². The Hall–Kier alpha value is -1.12. The lowest BCUT2D eigenvalue weighted by atomic mass is 10.1. The average molecular weight is 141 g/mol. The Bertz CT molecular complexity index is 170. The Morgan fingerprint density at radius 3 is 2.20 bits per heavy atom. The quantitative estimate of drug-likeness (QED) is 0.503. The number of hydrogen-bond donors (Lipinski definition) is 0. The van der Waals surface area contributed by atoms with E-state index in [0.717, 1.165) is 0 Å². The minimum atomic E-state index is -1.28. The number of carboxylic acid groups (broad SMARTS) is 1. The number of hydrogen-bond acceptors (Lipinski definition) is 3. The van der Waals surface area contributed by atoms with E-state index in [-0.39, 0.29) is 24.2 Å². The summed E-state index contributed by atoms with van der Waals surface area (Å²) in [5.41, 5.74) is -0.0183. The van der Waals surface area contributed by atoms with Crippen LogP contribution in [-0.2, 0) is 9.59 Å². The molecule has 0 atom stereocenters. The van der Waals surface area contributed by atoms with E-state index in [1.807, 2.05) is 0 Å². The molecule has 0 aliphatic carbocycles. The summed E-state index contributed by atoms with van der Waals surface area (Å²) < 4.78 is 0. The summed E-state index contributed by atoms with van der Waals surface area (Å²) in [6.45, 7) is 4.62. The number of Topliss-reactive ketones (excluding diaryl/α,β-unsaturated/α-hetero) is 1. The Balaban J connectivity index is 3.60. The van der Waals surface area contributed by atoms with Gasteiger partial charge in [-0.3, -0.25) is 0 Å². The Morgan fingerprint density at radius 2 is 1.90 bits per heavy atom. The summed E-state index contributed by atoms with van der Waals surface area (Å²) in [5, 5.41) is 9.99. The van der Waals surface area contributed by atoms with Crippen LogP contribution in [0.1, 0.15) is 19.8 Å². The van der Waals surface area contributed by atoms with Gasteiger partial charge in [-0.15, -0.1) is 0 Å². The van der Waals surface area contributed by atoms with Gasteiger partial charge in [0.15, 0.2) is 0 Å². The highest BCUT2D eigenvalue weighted by Crippen LogP contribution is 2.00. The van der Waals surface area contributed by atoms with Gasteiger partial charge in [0, 0.05) is 6.42 Å². The molecule has 0 unspecified atom stereocenters. The van der Waals surface area contributed by atoms with Crippen molar-refractivity contribution in [2.75, 3.05) is 0 Å². The fourth-order valence-electron chi connectivity index (χ4n) is 0.429. The Morgan fingerprint density at radius 1 is 1.40 bits per heavy atom. The standard InChI is InChI=1S/C7H10O3/c1-5(7(9)10)3-4-6(2)8/h1,3-4H2,2H3,(H,9,10)/p-1. The highest BCUT2D eigenvalue weighted by Gasteiger charge is 1.97. The van der Waals surface area contributed by atoms with E-state index in [1.54, 1.807) is 0 Å². The molecule has 3 nitrogen and oxygen atoms in total. The van der Waals surface area contributed by atoms with E-state index in [2.05, 4.69) is 6.58 Å². The van der Waals surface area contributed by atoms with Crippen molar-refractivity contribution in [3.63, 3.8) is 0 Å². The van der Waals surface area contributed by atoms with Gasteiger partial charge in [0.1, 0.15) is 5.78 Å². The molecule has 0 rings (SSSR count). The van der Waals surface area contributed by atoms with Crippen LogP contribution < -0.4 is 5.11 Å². The second-order valence-corrected chi connectivity index (χ2v) is 2.09. The predicted molar refractivity (Wildman–Crippen MR) is 34.1 cm³/mol. The van der Waals surface area contributed by atoms with Crippen LogP contribution >= 0.6 is 0 Å². The van der Waals surface area contributed by atoms with Gasteiger partial charge >= 0.3 is 0 Å². The fourth-order valence-corrected chi connectivity index (χ4v) is 0.429. The summed E-state index contributed by atoms with van der Waals surface area (Å²) in [6.07, 6.45) is 0.421. The minimum absolute atomic E-state index is 0.0183. The maximum absolute atomic E-state index is 10.3. The predicted octanol–water partition coefficient (Wildman–Crippen LogP) is -0.338. The van der Waals surface area contributed by atoms with E-state index >= 15 is 0 Å². The van der Waals surface area contributed by atoms with E-state index in [0.29, 0.717) is 0 Å². The number of carbonyl (C=O) groups excluding carboxylic acids is 2. The normalized spacial score (nSPS) is 8.90. The zero-order valence-electron chi connectivity index (χ0n) is 5.85. The summed E-state index contributed by atoms with van der Waals surface area (Å²) in [6, 6.07) is 0. The van der Waals surface area contributed by atoms with Crippen LogP contribution in [0.3, 0.4) is 0 Å². The molecule has 0 saturated heterocycles. The fraction of sp³-hybridized carbons (Fsp3) is 0.429. The SMILES string of the molecule is C=C(CCC(C)=O)C(=O)[O-]. The molecule has 3 heteroatoms. The molecular formula is C7H9O3-. The topological polar surface area (TPSA) is 57.2 Å². The first-order valence-electron chi connectivity index (χ1n) is 2.92. The van der Waals surface area contributed by atoms with Crippen LogP contribution in [0.5, 0.6) is 0 Å². The van der Waals surface area contributed by atoms with Crippen LogP contribution in [-0.4, -0.2) is 11.8 Å². The number of aliphatic carboxylic acids is 1. The largest absolute Gasteiger partial charge is 0.545 e. The molecule has 0 aromatic carbocycles. The van der Waals surface area contributed by atoms with Crippen molar-refractivity contribution >= 4 is 11.8 Å². The second kappa shape index (κ2) is 3.82. The van der Waals surface area contributed by atoms with E-state index in [9.17, 15) is 14.7 Å². The van der Waals surface area contributed by atoms with Gasteiger partial charge in [-0.2, -0.15) is 0 Å². The van der Waals surface area contributed by atoms with Gasteiger partial charge < -0.3 is 14.7 Å². The summed E-state index contributed by atoms with van der Waals surface area (Å²) >= 11 is 0. The van der Waals surface area contributed by atoms with Crippen molar-refractivity contribution in [1.82, 2.24) is 0 Å². The molecule has 10 heavy (non-hydrogen) atoms. The van der Waals surface area contributed by atoms with Crippen molar-refractivity contribution in [2.45, 2.75) is 19.8 Å². The van der Waals surface area contributed by atoms with Crippen molar-refractivity contribution in [3.8, 4) is 0 Å². The lowest BCUT2D eigenvalue weighted by molar-refractivity contribution is -0.299. The highest BCUT2D eigenvalue weighted by molar-refractivity contribution is 5.85. The van der Waals surface area contributed by atoms with Gasteiger partial charge in [-0.25, -0.2) is 0 Å². The monoisotopic (exact) mass is 141 g/mol. The third-order valence-corrected chi connectivity index (χ3v) is 1.07. The summed E-state index contributed by atoms with van der Waals surface area (Å²) in [4.78, 5) is 20.3. The molecule has 0 saturated carbocycles. The maximum atomic E-state index is 10.3. The Kier molecular flexibility index (Phi) is 3.39. The van der Waals surface area contributed by atoms with Crippen molar-refractivity contribution in [3.05, 3.63) is 12.2 Å². The average Bonchev–Trinajstić information content (AvgIpc) is 1.82. The van der Waals surface area contributed by atoms with Crippen LogP contribution in [0.2, 0.25) is 0 Å². The number of rotatable bonds is 4. The number of carboxylic acids is 1. The van der Waals surface area contributed by atoms with E-state index < -0.39 is 5.97 Å². The van der Waals surface area contributed by atoms with Crippen molar-refractivity contribution in [1.29, 1.82) is 0 Å². The molecule has 56 valence electrons. The molecule has 0 bridgehead atoms. The highest BCUT2D eigenvalue weighted by atomic mass is 16.4. The van der Waals surface area contributed by atoms with Crippen LogP contribution in [0.4, 0.5) is 0 Å². The first kappa shape index (κ1) is 8.88. The van der Waals surface area contributed by atoms with Crippen LogP contribution in [0.15, 0.2) is 12.2 Å². The molecule has 0 radical (unpaired) electrons. The van der Waals surface area contributed by atoms with Gasteiger partial charge in [0.25, 0.3) is 0 Å². The molecule has 0 spiro atoms. The third-order valence-electron chi connectivity index (χ3n) is 1.07. The Labute approximate surface area is 59.4 Å². The number of carbonyl (C=O) groups is 2. The third kappa shape index (κ3) is 3.83. The van der Waals surface area contributed by atoms with Gasteiger partial charge in [-0.05, 0) is 18.9 Å². The summed E-state index contributed by atoms with van der Waals surface area (Å²) in [7, 11) is 0. The second-order valence-electron chi connectivity index (χ2n) is 2.09. The lowest BCUT2D eigenvalue weighted by Gasteiger charge is -2.02. The van der Waals surface area contributed by atoms with E-state index in [4.69, 9.17) is 0 Å². The zero-order valence-corrected chi connectivity index (χ0v) is 5.85. The first-order chi connectivity index (χ1) is 4.54. The molecule has 0 heterocycles. The van der Waals surface area contributed by atoms with E-state index in [1.165, 1.54) is 6.92 Å². The number of ketones is 1. The molecule has 0 amide bonds. The zero-order chi connectivity index (χ0) is 8.15. The first-order valence-corrected chi connectivity index (χ1v) is 2.92. The van der Waals surface area contributed by atoms with Crippen molar-refractivity contribution < 1.29 is 14.7 Å². The van der Waals surface area contributed by atoms with Crippen molar-refractivity contribution in [2.24, 2.45) is 0 Å². The smallest absolute Gasteiger partial charge is 0.130 e. The molecule has 0 aliphatic rings. The van der Waals surface area contributed by atoms with Crippen LogP contribution in [0, 0.1) is 0 Å². The minimum Gasteiger partial charge on any atom is -0.545 e. The molecule has 0 N–H and O–H groups in total. The molecular weight excluding hydrogens is 132 g/mol. The molecule has 0 fully saturated rings. The van der Waals surface area contributed by atoms with Gasteiger partial charge in [0.2, 0.25) is 0 Å². The molecule has 0 aromatic heterocycles. The molecule has 0 aromatic rings. The summed E-state index contributed by atoms with van der Waals surface area (Å²) in [5.74, 6) is -1.32. The van der Waals surface area contributed by atoms with Gasteiger partial charge in [-0.1, -0.05) is 6.58 Å². The van der Waals surface area contributed by atoms with Crippen LogP contribution in [0.25, 0.3) is 0 Å². The lowest BCUT2D eigenvalue weighted by Crippen LogP contribution is -2.24.